The molecule has 1 aromatic carbocycles. The summed E-state index contributed by atoms with van der Waals surface area (Å²) < 4.78 is 4.55. The minimum atomic E-state index is -0.389. The van der Waals surface area contributed by atoms with Gasteiger partial charge in [-0.25, -0.2) is 4.98 Å². The average Bonchev–Trinajstić information content (AvgIpc) is 2.94. The van der Waals surface area contributed by atoms with Crippen LogP contribution in [0.5, 0.6) is 0 Å². The van der Waals surface area contributed by atoms with Crippen molar-refractivity contribution in [3.63, 3.8) is 0 Å². The second kappa shape index (κ2) is 6.63. The summed E-state index contributed by atoms with van der Waals surface area (Å²) in [5.74, 6) is -0.744. The molecule has 0 aliphatic heterocycles. The highest BCUT2D eigenvalue weighted by Gasteiger charge is 2.11. The molecule has 0 radical (unpaired) electrons. The molecule has 0 bridgehead atoms. The van der Waals surface area contributed by atoms with E-state index >= 15 is 0 Å². The van der Waals surface area contributed by atoms with Gasteiger partial charge >= 0.3 is 5.97 Å². The van der Waals surface area contributed by atoms with E-state index in [2.05, 4.69) is 15.0 Å². The van der Waals surface area contributed by atoms with Crippen LogP contribution in [0.15, 0.2) is 29.6 Å². The van der Waals surface area contributed by atoms with Gasteiger partial charge in [0.05, 0.1) is 30.9 Å². The highest BCUT2D eigenvalue weighted by molar-refractivity contribution is 7.14. The molecular weight excluding hydrogens is 290 g/mol. The van der Waals surface area contributed by atoms with Crippen LogP contribution in [0.1, 0.15) is 21.6 Å². The maximum Gasteiger partial charge on any atom is 0.311 e. The largest absolute Gasteiger partial charge is 0.469 e. The van der Waals surface area contributed by atoms with Gasteiger partial charge in [0.1, 0.15) is 0 Å². The lowest BCUT2D eigenvalue weighted by molar-refractivity contribution is -0.139. The van der Waals surface area contributed by atoms with Gasteiger partial charge in [-0.1, -0.05) is 6.07 Å². The number of carbonyl (C=O) groups is 2. The molecule has 106 valence electrons. The Morgan fingerprint density at radius 2 is 2.29 bits per heavy atom. The number of hydrogen-bond acceptors (Lipinski definition) is 6. The molecule has 1 N–H and O–H groups in total. The molecule has 7 heteroatoms. The Labute approximate surface area is 125 Å². The van der Waals surface area contributed by atoms with Crippen LogP contribution in [-0.4, -0.2) is 24.0 Å². The lowest BCUT2D eigenvalue weighted by Crippen LogP contribution is -2.12. The Hall–Kier alpha value is -2.72. The highest BCUT2D eigenvalue weighted by atomic mass is 32.1. The van der Waals surface area contributed by atoms with Crippen LogP contribution in [0.2, 0.25) is 0 Å². The van der Waals surface area contributed by atoms with Crippen LogP contribution in [0, 0.1) is 11.3 Å². The zero-order valence-corrected chi connectivity index (χ0v) is 11.9. The maximum atomic E-state index is 12.0. The number of nitrogens with one attached hydrogen (secondary N) is 1. The molecule has 21 heavy (non-hydrogen) atoms. The first-order valence-corrected chi connectivity index (χ1v) is 6.83. The van der Waals surface area contributed by atoms with Crippen molar-refractivity contribution in [2.75, 3.05) is 12.4 Å². The van der Waals surface area contributed by atoms with Gasteiger partial charge in [-0.05, 0) is 18.2 Å². The predicted octanol–water partition coefficient (Wildman–Crippen LogP) is 1.98. The Morgan fingerprint density at radius 3 is 3.00 bits per heavy atom. The molecule has 0 atom stereocenters. The summed E-state index contributed by atoms with van der Waals surface area (Å²) in [6.07, 6.45) is 0.0623. The van der Waals surface area contributed by atoms with Gasteiger partial charge in [0.2, 0.25) is 0 Å². The number of ether oxygens (including phenoxy) is 1. The average molecular weight is 301 g/mol. The monoisotopic (exact) mass is 301 g/mol. The maximum absolute atomic E-state index is 12.0. The molecule has 0 spiro atoms. The Morgan fingerprint density at radius 1 is 1.48 bits per heavy atom. The number of aromatic nitrogens is 1. The first-order chi connectivity index (χ1) is 10.1. The highest BCUT2D eigenvalue weighted by Crippen LogP contribution is 2.17. The Balaban J connectivity index is 2.06. The fourth-order valence-electron chi connectivity index (χ4n) is 1.56. The standard InChI is InChI=1S/C14H11N3O3S/c1-20-12(18)6-11-8-21-14(16-11)17-13(19)10-4-2-3-9(5-10)7-15/h2-5,8H,6H2,1H3,(H,16,17,19). The van der Waals surface area contributed by atoms with Gasteiger partial charge in [-0.15, -0.1) is 11.3 Å². The van der Waals surface area contributed by atoms with E-state index in [4.69, 9.17) is 5.26 Å². The number of nitriles is 1. The van der Waals surface area contributed by atoms with Crippen molar-refractivity contribution in [1.82, 2.24) is 4.98 Å². The molecule has 2 aromatic rings. The molecule has 0 unspecified atom stereocenters. The quantitative estimate of drug-likeness (QED) is 0.872. The van der Waals surface area contributed by atoms with Crippen LogP contribution in [0.3, 0.4) is 0 Å². The molecule has 0 saturated carbocycles. The first-order valence-electron chi connectivity index (χ1n) is 5.95. The number of benzene rings is 1. The molecule has 0 aliphatic rings. The molecule has 1 amide bonds. The number of amides is 1. The molecule has 2 rings (SSSR count). The van der Waals surface area contributed by atoms with Gasteiger partial charge in [0, 0.05) is 10.9 Å². The second-order valence-electron chi connectivity index (χ2n) is 4.04. The van der Waals surface area contributed by atoms with Gasteiger partial charge in [0.25, 0.3) is 5.91 Å². The van der Waals surface area contributed by atoms with E-state index in [1.807, 2.05) is 6.07 Å². The van der Waals surface area contributed by atoms with Crippen molar-refractivity contribution in [3.05, 3.63) is 46.5 Å². The van der Waals surface area contributed by atoms with E-state index in [1.165, 1.54) is 24.5 Å². The molecule has 1 aromatic heterocycles. The van der Waals surface area contributed by atoms with Crippen molar-refractivity contribution in [2.24, 2.45) is 0 Å². The van der Waals surface area contributed by atoms with Crippen LogP contribution in [0.4, 0.5) is 5.13 Å². The number of anilines is 1. The Kier molecular flexibility index (Phi) is 4.64. The third kappa shape index (κ3) is 3.87. The van der Waals surface area contributed by atoms with Crippen molar-refractivity contribution in [3.8, 4) is 6.07 Å². The molecular formula is C14H11N3O3S. The summed E-state index contributed by atoms with van der Waals surface area (Å²) in [6, 6.07) is 8.34. The van der Waals surface area contributed by atoms with E-state index in [-0.39, 0.29) is 18.3 Å². The third-order valence-corrected chi connectivity index (χ3v) is 3.39. The van der Waals surface area contributed by atoms with Crippen molar-refractivity contribution < 1.29 is 14.3 Å². The number of nitrogens with zero attached hydrogens (tertiary/aromatic N) is 2. The number of methoxy groups -OCH3 is 1. The zero-order chi connectivity index (χ0) is 15.2. The van der Waals surface area contributed by atoms with E-state index in [1.54, 1.807) is 23.6 Å². The summed E-state index contributed by atoms with van der Waals surface area (Å²) in [6.45, 7) is 0. The van der Waals surface area contributed by atoms with Gasteiger partial charge < -0.3 is 4.74 Å². The van der Waals surface area contributed by atoms with Crippen LogP contribution in [0.25, 0.3) is 0 Å². The smallest absolute Gasteiger partial charge is 0.311 e. The topological polar surface area (TPSA) is 92.1 Å². The fourth-order valence-corrected chi connectivity index (χ4v) is 2.27. The molecule has 6 nitrogen and oxygen atoms in total. The number of hydrogen-bond donors (Lipinski definition) is 1. The van der Waals surface area contributed by atoms with E-state index < -0.39 is 0 Å². The van der Waals surface area contributed by atoms with Crippen LogP contribution < -0.4 is 5.32 Å². The number of thiazole rings is 1. The summed E-state index contributed by atoms with van der Waals surface area (Å²) in [5, 5.41) is 13.5. The summed E-state index contributed by atoms with van der Waals surface area (Å²) in [7, 11) is 1.31. The van der Waals surface area contributed by atoms with E-state index in [0.29, 0.717) is 22.0 Å². The van der Waals surface area contributed by atoms with Crippen molar-refractivity contribution >= 4 is 28.3 Å². The van der Waals surface area contributed by atoms with E-state index in [0.717, 1.165) is 0 Å². The molecule has 1 heterocycles. The lowest BCUT2D eigenvalue weighted by atomic mass is 10.1. The molecule has 0 aliphatic carbocycles. The van der Waals surface area contributed by atoms with Crippen molar-refractivity contribution in [2.45, 2.75) is 6.42 Å². The minimum absolute atomic E-state index is 0.0623. The third-order valence-electron chi connectivity index (χ3n) is 2.58. The van der Waals surface area contributed by atoms with E-state index in [9.17, 15) is 9.59 Å². The fraction of sp³-hybridized carbons (Fsp3) is 0.143. The molecule has 0 saturated heterocycles. The lowest BCUT2D eigenvalue weighted by Gasteiger charge is -2.01. The van der Waals surface area contributed by atoms with Crippen LogP contribution >= 0.6 is 11.3 Å². The zero-order valence-electron chi connectivity index (χ0n) is 11.1. The summed E-state index contributed by atoms with van der Waals surface area (Å²) in [4.78, 5) is 27.3. The van der Waals surface area contributed by atoms with Crippen molar-refractivity contribution in [1.29, 1.82) is 5.26 Å². The second-order valence-corrected chi connectivity index (χ2v) is 4.90. The summed E-state index contributed by atoms with van der Waals surface area (Å²) in [5.41, 5.74) is 1.32. The number of carbonyl (C=O) groups excluding carboxylic acids is 2. The van der Waals surface area contributed by atoms with Crippen LogP contribution in [-0.2, 0) is 16.0 Å². The van der Waals surface area contributed by atoms with Gasteiger partial charge in [0.15, 0.2) is 5.13 Å². The minimum Gasteiger partial charge on any atom is -0.469 e. The SMILES string of the molecule is COC(=O)Cc1csc(NC(=O)c2cccc(C#N)c2)n1. The predicted molar refractivity (Wildman–Crippen MR) is 76.9 cm³/mol. The van der Waals surface area contributed by atoms with Gasteiger partial charge in [-0.2, -0.15) is 5.26 Å². The summed E-state index contributed by atoms with van der Waals surface area (Å²) >= 11 is 1.22. The molecule has 0 fully saturated rings. The number of rotatable bonds is 4. The normalized spacial score (nSPS) is 9.71. The Bertz CT molecular complexity index is 718. The first kappa shape index (κ1) is 14.7. The van der Waals surface area contributed by atoms with Gasteiger partial charge in [-0.3, -0.25) is 14.9 Å². The number of esters is 1.